The van der Waals surface area contributed by atoms with Gasteiger partial charge in [-0.3, -0.25) is 0 Å². The molecule has 0 bridgehead atoms. The molecule has 0 saturated heterocycles. The first-order valence-electron chi connectivity index (χ1n) is 2.89. The smallest absolute Gasteiger partial charge is 0.225 e. The van der Waals surface area contributed by atoms with Crippen molar-refractivity contribution in [1.29, 1.82) is 0 Å². The van der Waals surface area contributed by atoms with Crippen molar-refractivity contribution in [2.75, 3.05) is 0 Å². The average molecular weight is 362 g/mol. The van der Waals surface area contributed by atoms with Gasteiger partial charge in [0.1, 0.15) is 0 Å². The Balaban J connectivity index is 3.33. The lowest BCUT2D eigenvalue weighted by atomic mass is 10.4. The van der Waals surface area contributed by atoms with Crippen LogP contribution in [0.1, 0.15) is 0 Å². The molecule has 1 aromatic carbocycles. The fourth-order valence-corrected chi connectivity index (χ4v) is 2.06. The predicted octanol–water partition coefficient (Wildman–Crippen LogP) is 1.70. The summed E-state index contributed by atoms with van der Waals surface area (Å²) in [5, 5.41) is 4.92. The topological polar surface area (TPSA) is 60.2 Å². The van der Waals surface area contributed by atoms with Crippen molar-refractivity contribution >= 4 is 48.5 Å². The third-order valence-electron chi connectivity index (χ3n) is 1.22. The summed E-state index contributed by atoms with van der Waals surface area (Å²) in [5.41, 5.74) is 0. The van der Waals surface area contributed by atoms with Crippen LogP contribution in [0.5, 0.6) is 0 Å². The maximum absolute atomic E-state index is 10.9. The Morgan fingerprint density at radius 2 is 2.00 bits per heavy atom. The maximum atomic E-state index is 10.9. The van der Waals surface area contributed by atoms with Gasteiger partial charge in [0, 0.05) is 8.04 Å². The average Bonchev–Trinajstić information content (AvgIpc) is 1.92. The van der Waals surface area contributed by atoms with Crippen molar-refractivity contribution in [3.05, 3.63) is 26.2 Å². The van der Waals surface area contributed by atoms with Crippen molar-refractivity contribution < 1.29 is 8.42 Å². The van der Waals surface area contributed by atoms with Gasteiger partial charge in [-0.25, -0.2) is 13.6 Å². The molecule has 0 unspecified atom stereocenters. The zero-order valence-electron chi connectivity index (χ0n) is 5.79. The van der Waals surface area contributed by atoms with Gasteiger partial charge in [-0.05, 0) is 56.7 Å². The van der Waals surface area contributed by atoms with Gasteiger partial charge in [-0.1, -0.05) is 0 Å². The fraction of sp³-hybridized carbons (Fsp3) is 0. The SMILES string of the molecule is NS(=O)(=O)c1ccc(I)c(Br)c1. The lowest BCUT2D eigenvalue weighted by Gasteiger charge is -1.99. The molecule has 0 aromatic heterocycles. The minimum Gasteiger partial charge on any atom is -0.225 e. The summed E-state index contributed by atoms with van der Waals surface area (Å²) >= 11 is 5.30. The molecule has 0 heterocycles. The van der Waals surface area contributed by atoms with Crippen molar-refractivity contribution in [2.24, 2.45) is 5.14 Å². The molecular weight excluding hydrogens is 357 g/mol. The van der Waals surface area contributed by atoms with E-state index in [4.69, 9.17) is 5.14 Å². The summed E-state index contributed by atoms with van der Waals surface area (Å²) in [7, 11) is -3.58. The van der Waals surface area contributed by atoms with Gasteiger partial charge in [0.15, 0.2) is 0 Å². The Morgan fingerprint density at radius 3 is 2.42 bits per heavy atom. The number of hydrogen-bond donors (Lipinski definition) is 1. The van der Waals surface area contributed by atoms with Crippen molar-refractivity contribution in [3.63, 3.8) is 0 Å². The molecule has 0 saturated carbocycles. The van der Waals surface area contributed by atoms with Crippen molar-refractivity contribution in [3.8, 4) is 0 Å². The number of rotatable bonds is 1. The van der Waals surface area contributed by atoms with Crippen LogP contribution >= 0.6 is 38.5 Å². The molecule has 6 heteroatoms. The molecule has 3 nitrogen and oxygen atoms in total. The number of sulfonamides is 1. The van der Waals surface area contributed by atoms with E-state index in [1.807, 2.05) is 0 Å². The van der Waals surface area contributed by atoms with Crippen LogP contribution in [0.3, 0.4) is 0 Å². The number of benzene rings is 1. The van der Waals surface area contributed by atoms with Gasteiger partial charge in [0.05, 0.1) is 4.90 Å². The summed E-state index contributed by atoms with van der Waals surface area (Å²) in [6, 6.07) is 4.64. The van der Waals surface area contributed by atoms with Crippen LogP contribution in [0.15, 0.2) is 27.6 Å². The van der Waals surface area contributed by atoms with Gasteiger partial charge < -0.3 is 0 Å². The van der Waals surface area contributed by atoms with E-state index in [1.54, 1.807) is 6.07 Å². The summed E-state index contributed by atoms with van der Waals surface area (Å²) in [5.74, 6) is 0. The van der Waals surface area contributed by atoms with E-state index in [9.17, 15) is 8.42 Å². The fourth-order valence-electron chi connectivity index (χ4n) is 0.654. The van der Waals surface area contributed by atoms with Crippen molar-refractivity contribution in [2.45, 2.75) is 4.90 Å². The van der Waals surface area contributed by atoms with E-state index in [-0.39, 0.29) is 4.90 Å². The second-order valence-corrected chi connectivity index (χ2v) is 5.70. The van der Waals surface area contributed by atoms with Crippen LogP contribution in [0.25, 0.3) is 0 Å². The standard InChI is InChI=1S/C6H5BrINO2S/c7-5-3-4(12(9,10)11)1-2-6(5)8/h1-3H,(H2,9,10,11). The lowest BCUT2D eigenvalue weighted by Crippen LogP contribution is -2.11. The van der Waals surface area contributed by atoms with E-state index in [0.717, 1.165) is 8.04 Å². The van der Waals surface area contributed by atoms with Crippen LogP contribution in [-0.4, -0.2) is 8.42 Å². The van der Waals surface area contributed by atoms with Gasteiger partial charge in [0.25, 0.3) is 0 Å². The van der Waals surface area contributed by atoms with E-state index in [2.05, 4.69) is 38.5 Å². The third kappa shape index (κ3) is 2.41. The molecule has 0 aliphatic rings. The summed E-state index contributed by atoms with van der Waals surface area (Å²) in [6.45, 7) is 0. The first kappa shape index (κ1) is 10.4. The Kier molecular flexibility index (Phi) is 3.13. The summed E-state index contributed by atoms with van der Waals surface area (Å²) < 4.78 is 23.4. The van der Waals surface area contributed by atoms with E-state index < -0.39 is 10.0 Å². The molecule has 1 aromatic rings. The second kappa shape index (κ2) is 3.60. The molecule has 0 fully saturated rings. The number of primary sulfonamides is 1. The quantitative estimate of drug-likeness (QED) is 0.774. The highest BCUT2D eigenvalue weighted by Crippen LogP contribution is 2.21. The second-order valence-electron chi connectivity index (χ2n) is 2.12. The monoisotopic (exact) mass is 361 g/mol. The molecule has 0 amide bonds. The molecule has 66 valence electrons. The molecule has 0 spiro atoms. The Bertz CT molecular complexity index is 404. The first-order valence-corrected chi connectivity index (χ1v) is 6.31. The van der Waals surface area contributed by atoms with Gasteiger partial charge >= 0.3 is 0 Å². The van der Waals surface area contributed by atoms with E-state index >= 15 is 0 Å². The first-order chi connectivity index (χ1) is 5.41. The van der Waals surface area contributed by atoms with Crippen LogP contribution in [-0.2, 0) is 10.0 Å². The van der Waals surface area contributed by atoms with Crippen molar-refractivity contribution in [1.82, 2.24) is 0 Å². The van der Waals surface area contributed by atoms with Crippen LogP contribution < -0.4 is 5.14 Å². The normalized spacial score (nSPS) is 11.6. The highest BCUT2D eigenvalue weighted by molar-refractivity contribution is 14.1. The molecule has 0 atom stereocenters. The van der Waals surface area contributed by atoms with E-state index in [1.165, 1.54) is 12.1 Å². The Labute approximate surface area is 92.7 Å². The zero-order chi connectivity index (χ0) is 9.35. The van der Waals surface area contributed by atoms with Crippen LogP contribution in [0.2, 0.25) is 0 Å². The van der Waals surface area contributed by atoms with E-state index in [0.29, 0.717) is 0 Å². The molecule has 0 aliphatic heterocycles. The van der Waals surface area contributed by atoms with Crippen LogP contribution in [0.4, 0.5) is 0 Å². The lowest BCUT2D eigenvalue weighted by molar-refractivity contribution is 0.597. The predicted molar refractivity (Wildman–Crippen MR) is 58.2 cm³/mol. The van der Waals surface area contributed by atoms with Gasteiger partial charge in [-0.15, -0.1) is 0 Å². The summed E-state index contributed by atoms with van der Waals surface area (Å²) in [4.78, 5) is 0.120. The van der Waals surface area contributed by atoms with Gasteiger partial charge in [-0.2, -0.15) is 0 Å². The molecule has 1 rings (SSSR count). The molecule has 0 radical (unpaired) electrons. The molecule has 12 heavy (non-hydrogen) atoms. The third-order valence-corrected chi connectivity index (χ3v) is 4.47. The Morgan fingerprint density at radius 1 is 1.42 bits per heavy atom. The van der Waals surface area contributed by atoms with Crippen LogP contribution in [0, 0.1) is 3.57 Å². The minimum absolute atomic E-state index is 0.120. The number of nitrogens with two attached hydrogens (primary N) is 1. The number of halogens is 2. The minimum atomic E-state index is -3.58. The highest BCUT2D eigenvalue weighted by atomic mass is 127. The maximum Gasteiger partial charge on any atom is 0.238 e. The molecular formula is C6H5BrINO2S. The highest BCUT2D eigenvalue weighted by Gasteiger charge is 2.08. The molecule has 2 N–H and O–H groups in total. The zero-order valence-corrected chi connectivity index (χ0v) is 10.4. The Hall–Kier alpha value is 0.340. The number of hydrogen-bond acceptors (Lipinski definition) is 2. The summed E-state index contributed by atoms with van der Waals surface area (Å²) in [6.07, 6.45) is 0. The largest absolute Gasteiger partial charge is 0.238 e. The molecule has 0 aliphatic carbocycles. The van der Waals surface area contributed by atoms with Gasteiger partial charge in [0.2, 0.25) is 10.0 Å².